The number of carbonyl (C=O) groups is 10. The van der Waals surface area contributed by atoms with Crippen LogP contribution in [0.1, 0.15) is 165 Å². The Morgan fingerprint density at radius 1 is 0.630 bits per heavy atom. The van der Waals surface area contributed by atoms with E-state index in [1.807, 2.05) is 95.0 Å². The molecule has 2 fully saturated rings. The Labute approximate surface area is 643 Å². The molecular formula is C80H133N13O15. The number of rotatable bonds is 49. The fraction of sp³-hybridized carbons (Fsp3) is 0.700. The Kier molecular flexibility index (Phi) is 41.8. The minimum atomic E-state index is -1.12. The number of primary amides is 1. The second kappa shape index (κ2) is 48.7. The predicted octanol–water partition coefficient (Wildman–Crippen LogP) is 6.05. The van der Waals surface area contributed by atoms with Crippen LogP contribution in [0, 0.1) is 35.5 Å². The molecule has 0 bridgehead atoms. The molecule has 10 N–H and O–H groups in total. The van der Waals surface area contributed by atoms with Crippen LogP contribution in [-0.4, -0.2) is 241 Å². The summed E-state index contributed by atoms with van der Waals surface area (Å²) in [6, 6.07) is 10.6. The molecule has 0 aromatic heterocycles. The SMILES string of the molecule is C/C=C(/[C@@H](NC(=O)C(C(C)C)N(C)C)C(C)C)N(C)[C@@H]([C@@H](C)CC)[C@@H](CC(=O)N1CCC[C@H]1[C@H](OC)[C@@H](C)C(=O)N[C@@H](Cc1ccccc1)C(=O)NCc1ccc(NC(=O)[C@H](CCCNC(N)=O)NC(=O)C(NC(=O)COCCOCCOCC(=O)N2CCC(C(=O)NCCCCC)CC2C)C(C)C)cc1)OC. The number of anilines is 1. The second-order valence-corrected chi connectivity index (χ2v) is 30.2. The van der Waals surface area contributed by atoms with E-state index in [2.05, 4.69) is 82.1 Å². The van der Waals surface area contributed by atoms with E-state index >= 15 is 0 Å². The molecule has 2 aromatic carbocycles. The smallest absolute Gasteiger partial charge is 0.312 e. The highest BCUT2D eigenvalue weighted by molar-refractivity contribution is 5.98. The third kappa shape index (κ3) is 30.2. The number of nitrogens with two attached hydrogens (primary N) is 1. The summed E-state index contributed by atoms with van der Waals surface area (Å²) in [5, 5.41) is 23.2. The van der Waals surface area contributed by atoms with Crippen molar-refractivity contribution < 1.29 is 71.6 Å². The number of hydrogen-bond acceptors (Lipinski definition) is 17. The third-order valence-electron chi connectivity index (χ3n) is 20.7. The van der Waals surface area contributed by atoms with E-state index < -0.39 is 83.8 Å². The quantitative estimate of drug-likeness (QED) is 0.0340. The Hall–Kier alpha value is -7.76. The number of benzene rings is 2. The summed E-state index contributed by atoms with van der Waals surface area (Å²) in [6.07, 6.45) is 7.72. The number of nitrogens with one attached hydrogen (secondary N) is 8. The van der Waals surface area contributed by atoms with Crippen LogP contribution in [0.4, 0.5) is 10.5 Å². The Morgan fingerprint density at radius 2 is 1.27 bits per heavy atom. The van der Waals surface area contributed by atoms with E-state index in [4.69, 9.17) is 29.4 Å². The maximum absolute atomic E-state index is 14.8. The number of carbonyl (C=O) groups excluding carboxylic acids is 10. The number of hydrogen-bond donors (Lipinski definition) is 9. The van der Waals surface area contributed by atoms with Crippen molar-refractivity contribution in [1.82, 2.24) is 56.8 Å². The Bertz CT molecular complexity index is 3130. The molecule has 0 saturated carbocycles. The van der Waals surface area contributed by atoms with Crippen molar-refractivity contribution in [2.75, 3.05) is 106 Å². The molecule has 2 saturated heterocycles. The molecule has 2 aliphatic heterocycles. The predicted molar refractivity (Wildman–Crippen MR) is 417 cm³/mol. The van der Waals surface area contributed by atoms with E-state index in [1.165, 1.54) is 7.11 Å². The van der Waals surface area contributed by atoms with Crippen molar-refractivity contribution in [2.24, 2.45) is 41.2 Å². The average molecular weight is 1520 g/mol. The Balaban J connectivity index is 1.34. The molecule has 11 amide bonds. The standard InChI is InChI=1S/C80H133N13O15/c1-18-21-25-37-82-75(98)59-36-40-92(55(11)45-59)68(96)50-108-44-42-106-41-43-107-49-66(94)88-70(52(6)7)78(101)86-61(30-26-38-83-80(81)103)77(100)85-60-34-32-58(33-35-60)48-84-76(99)62(46-57-28-23-22-24-29-57)87-74(97)56(12)73(105-17)64-31-27-39-93(64)67(95)47-65(104-16)72(54(10)19-2)91(15)63(20-3)69(51(4)5)89-79(102)71(53(8)9)90(13)14/h20,22-24,28-29,32-35,51-56,59,61-62,64-65,69-73H,18-19,21,25-27,30-31,36-50H2,1-17H3,(H,82,98)(H,84,99)(H,85,100)(H,86,101)(H,87,97)(H,88,94)(H,89,102)(H3,81,83,103)/b63-20-/t54-,55?,56+,59?,61-,62-,64-,65+,69-,70?,71?,72-,73+/m0/s1. The highest BCUT2D eigenvalue weighted by atomic mass is 16.5. The molecule has 0 aliphatic carbocycles. The first kappa shape index (κ1) is 92.6. The molecule has 2 heterocycles. The second-order valence-electron chi connectivity index (χ2n) is 30.2. The summed E-state index contributed by atoms with van der Waals surface area (Å²) < 4.78 is 29.1. The molecule has 608 valence electrons. The fourth-order valence-electron chi connectivity index (χ4n) is 14.6. The average Bonchev–Trinajstić information content (AvgIpc) is 1.69. The normalized spacial score (nSPS) is 18.2. The molecule has 13 atom stereocenters. The first-order valence-electron chi connectivity index (χ1n) is 39.1. The van der Waals surface area contributed by atoms with Crippen molar-refractivity contribution in [3.63, 3.8) is 0 Å². The van der Waals surface area contributed by atoms with Crippen LogP contribution in [0.3, 0.4) is 0 Å². The van der Waals surface area contributed by atoms with Gasteiger partial charge in [0, 0.05) is 83.8 Å². The van der Waals surface area contributed by atoms with Crippen LogP contribution in [-0.2, 0) is 79.8 Å². The van der Waals surface area contributed by atoms with Gasteiger partial charge in [-0.15, -0.1) is 0 Å². The monoisotopic (exact) mass is 1520 g/mol. The lowest BCUT2D eigenvalue weighted by molar-refractivity contribution is -0.143. The van der Waals surface area contributed by atoms with Crippen LogP contribution in [0.5, 0.6) is 0 Å². The topological polar surface area (TPSA) is 352 Å². The van der Waals surface area contributed by atoms with Gasteiger partial charge in [0.2, 0.25) is 53.2 Å². The zero-order valence-corrected chi connectivity index (χ0v) is 67.8. The van der Waals surface area contributed by atoms with Gasteiger partial charge in [-0.05, 0) is 120 Å². The zero-order chi connectivity index (χ0) is 80.2. The minimum Gasteiger partial charge on any atom is -0.379 e. The van der Waals surface area contributed by atoms with E-state index in [0.29, 0.717) is 56.6 Å². The van der Waals surface area contributed by atoms with E-state index in [9.17, 15) is 47.9 Å². The maximum Gasteiger partial charge on any atom is 0.312 e. The molecule has 28 heteroatoms. The highest BCUT2D eigenvalue weighted by Gasteiger charge is 2.44. The number of piperidine rings is 1. The zero-order valence-electron chi connectivity index (χ0n) is 67.8. The van der Waals surface area contributed by atoms with Crippen molar-refractivity contribution >= 4 is 64.9 Å². The molecule has 0 radical (unpaired) electrons. The number of unbranched alkanes of at least 4 members (excludes halogenated alkanes) is 2. The van der Waals surface area contributed by atoms with Crippen molar-refractivity contribution in [1.29, 1.82) is 0 Å². The van der Waals surface area contributed by atoms with Crippen molar-refractivity contribution in [3.05, 3.63) is 77.5 Å². The fourth-order valence-corrected chi connectivity index (χ4v) is 14.6. The number of likely N-dealkylation sites (N-methyl/N-ethyl adjacent to an activating group) is 2. The molecular weight excluding hydrogens is 1380 g/mol. The van der Waals surface area contributed by atoms with E-state index in [1.54, 1.807) is 57.0 Å². The van der Waals surface area contributed by atoms with Gasteiger partial charge < -0.3 is 86.7 Å². The summed E-state index contributed by atoms with van der Waals surface area (Å²) in [5.74, 6) is -4.08. The lowest BCUT2D eigenvalue weighted by Crippen LogP contribution is -2.56. The summed E-state index contributed by atoms with van der Waals surface area (Å²) >= 11 is 0. The molecule has 0 spiro atoms. The van der Waals surface area contributed by atoms with Gasteiger partial charge in [0.1, 0.15) is 31.3 Å². The van der Waals surface area contributed by atoms with Crippen LogP contribution in [0.15, 0.2) is 66.4 Å². The van der Waals surface area contributed by atoms with Crippen LogP contribution >= 0.6 is 0 Å². The van der Waals surface area contributed by atoms with Gasteiger partial charge in [0.05, 0.1) is 75.1 Å². The number of likely N-dealkylation sites (tertiary alicyclic amines) is 2. The van der Waals surface area contributed by atoms with Gasteiger partial charge in [-0.2, -0.15) is 0 Å². The van der Waals surface area contributed by atoms with Crippen LogP contribution < -0.4 is 48.3 Å². The first-order chi connectivity index (χ1) is 51.4. The number of amides is 11. The lowest BCUT2D eigenvalue weighted by atomic mass is 9.88. The van der Waals surface area contributed by atoms with Gasteiger partial charge in [0.15, 0.2) is 0 Å². The molecule has 2 aromatic rings. The lowest BCUT2D eigenvalue weighted by Gasteiger charge is -2.44. The van der Waals surface area contributed by atoms with Gasteiger partial charge >= 0.3 is 6.03 Å². The number of ether oxygens (including phenoxy) is 5. The van der Waals surface area contributed by atoms with E-state index in [0.717, 1.165) is 36.9 Å². The van der Waals surface area contributed by atoms with Crippen molar-refractivity contribution in [3.8, 4) is 0 Å². The summed E-state index contributed by atoms with van der Waals surface area (Å²) in [7, 11) is 9.00. The third-order valence-corrected chi connectivity index (χ3v) is 20.7. The highest BCUT2D eigenvalue weighted by Crippen LogP contribution is 2.32. The van der Waals surface area contributed by atoms with Crippen LogP contribution in [0.25, 0.3) is 0 Å². The minimum absolute atomic E-state index is 0.0422. The largest absolute Gasteiger partial charge is 0.379 e. The van der Waals surface area contributed by atoms with Gasteiger partial charge in [-0.3, -0.25) is 48.1 Å². The number of urea groups is 1. The summed E-state index contributed by atoms with van der Waals surface area (Å²) in [6.45, 7) is 25.6. The van der Waals surface area contributed by atoms with Crippen LogP contribution in [0.2, 0.25) is 0 Å². The molecule has 2 aliphatic rings. The summed E-state index contributed by atoms with van der Waals surface area (Å²) in [5.41, 5.74) is 8.07. The van der Waals surface area contributed by atoms with E-state index in [-0.39, 0.29) is 150 Å². The maximum atomic E-state index is 14.8. The van der Waals surface area contributed by atoms with Gasteiger partial charge in [0.25, 0.3) is 0 Å². The molecule has 108 heavy (non-hydrogen) atoms. The molecule has 28 nitrogen and oxygen atoms in total. The molecule has 4 unspecified atom stereocenters. The Morgan fingerprint density at radius 3 is 1.85 bits per heavy atom. The number of allylic oxidation sites excluding steroid dienone is 1. The van der Waals surface area contributed by atoms with Crippen molar-refractivity contribution in [2.45, 2.75) is 227 Å². The van der Waals surface area contributed by atoms with Gasteiger partial charge in [-0.25, -0.2) is 4.79 Å². The number of methoxy groups -OCH3 is 2. The number of nitrogens with zero attached hydrogens (tertiary/aromatic N) is 4. The molecule has 4 rings (SSSR count). The summed E-state index contributed by atoms with van der Waals surface area (Å²) in [4.78, 5) is 143. The van der Waals surface area contributed by atoms with Gasteiger partial charge in [-0.1, -0.05) is 137 Å². The first-order valence-corrected chi connectivity index (χ1v) is 39.1.